The van der Waals surface area contributed by atoms with Crippen molar-refractivity contribution >= 4 is 56.8 Å². The number of carbonyl (C=O) groups excluding carboxylic acids is 2. The molecule has 134 valence electrons. The predicted octanol–water partition coefficient (Wildman–Crippen LogP) is 7.08. The quantitative estimate of drug-likeness (QED) is 0.239. The van der Waals surface area contributed by atoms with Crippen molar-refractivity contribution in [3.8, 4) is 20.9 Å². The van der Waals surface area contributed by atoms with Gasteiger partial charge in [-0.25, -0.2) is 0 Å². The molecule has 0 unspecified atom stereocenters. The van der Waals surface area contributed by atoms with E-state index >= 15 is 0 Å². The van der Waals surface area contributed by atoms with Crippen molar-refractivity contribution in [3.05, 3.63) is 82.6 Å². The number of benzene rings is 3. The van der Waals surface area contributed by atoms with Gasteiger partial charge in [0.15, 0.2) is 12.6 Å². The smallest absolute Gasteiger partial charge is 0.160 e. The molecule has 28 heavy (non-hydrogen) atoms. The van der Waals surface area contributed by atoms with Gasteiger partial charge in [0.2, 0.25) is 0 Å². The van der Waals surface area contributed by atoms with Gasteiger partial charge >= 0.3 is 0 Å². The average molecular weight is 399 g/mol. The van der Waals surface area contributed by atoms with E-state index in [2.05, 4.69) is 24.3 Å². The number of aldehydes is 2. The first-order valence-electron chi connectivity index (χ1n) is 8.84. The zero-order valence-corrected chi connectivity index (χ0v) is 16.3. The van der Waals surface area contributed by atoms with E-state index < -0.39 is 0 Å². The number of thiophene rings is 2. The van der Waals surface area contributed by atoms with E-state index in [1.54, 1.807) is 0 Å². The zero-order valence-electron chi connectivity index (χ0n) is 14.7. The molecule has 0 amide bonds. The van der Waals surface area contributed by atoms with Crippen molar-refractivity contribution in [2.45, 2.75) is 0 Å². The molecular formula is C24H14O2S2. The number of carbonyl (C=O) groups is 2. The second-order valence-corrected chi connectivity index (χ2v) is 8.71. The molecule has 0 aliphatic rings. The van der Waals surface area contributed by atoms with Crippen LogP contribution in [-0.2, 0) is 0 Å². The van der Waals surface area contributed by atoms with Gasteiger partial charge in [0.25, 0.3) is 0 Å². The molecule has 0 fully saturated rings. The van der Waals surface area contributed by atoms with Crippen LogP contribution in [0, 0.1) is 0 Å². The molecule has 0 atom stereocenters. The van der Waals surface area contributed by atoms with E-state index in [9.17, 15) is 9.59 Å². The Kier molecular flexibility index (Phi) is 4.15. The lowest BCUT2D eigenvalue weighted by Gasteiger charge is -2.15. The van der Waals surface area contributed by atoms with Gasteiger partial charge in [-0.05, 0) is 45.8 Å². The van der Waals surface area contributed by atoms with E-state index in [1.165, 1.54) is 22.7 Å². The van der Waals surface area contributed by atoms with E-state index in [-0.39, 0.29) is 0 Å². The normalized spacial score (nSPS) is 11.1. The first-order valence-corrected chi connectivity index (χ1v) is 10.5. The van der Waals surface area contributed by atoms with Crippen molar-refractivity contribution in [3.63, 3.8) is 0 Å². The van der Waals surface area contributed by atoms with Crippen LogP contribution in [0.4, 0.5) is 0 Å². The second kappa shape index (κ2) is 6.82. The molecule has 0 saturated heterocycles. The third kappa shape index (κ3) is 2.61. The maximum Gasteiger partial charge on any atom is 0.160 e. The molecule has 0 saturated carbocycles. The van der Waals surface area contributed by atoms with Crippen LogP contribution in [0.1, 0.15) is 19.3 Å². The van der Waals surface area contributed by atoms with Crippen molar-refractivity contribution in [1.29, 1.82) is 0 Å². The van der Waals surface area contributed by atoms with Crippen LogP contribution in [-0.4, -0.2) is 12.6 Å². The van der Waals surface area contributed by atoms with Gasteiger partial charge in [0.05, 0.1) is 9.75 Å². The van der Waals surface area contributed by atoms with Gasteiger partial charge in [-0.3, -0.25) is 9.59 Å². The Morgan fingerprint density at radius 3 is 1.14 bits per heavy atom. The van der Waals surface area contributed by atoms with Gasteiger partial charge in [-0.1, -0.05) is 48.5 Å². The van der Waals surface area contributed by atoms with Crippen molar-refractivity contribution in [2.24, 2.45) is 0 Å². The van der Waals surface area contributed by atoms with Crippen LogP contribution in [0.5, 0.6) is 0 Å². The molecule has 2 heterocycles. The summed E-state index contributed by atoms with van der Waals surface area (Å²) < 4.78 is 0. The number of hydrogen-bond acceptors (Lipinski definition) is 4. The van der Waals surface area contributed by atoms with E-state index in [0.29, 0.717) is 0 Å². The molecular weight excluding hydrogens is 384 g/mol. The maximum atomic E-state index is 11.2. The maximum absolute atomic E-state index is 11.2. The summed E-state index contributed by atoms with van der Waals surface area (Å²) in [5.41, 5.74) is 2.31. The molecule has 0 aliphatic carbocycles. The number of rotatable bonds is 4. The third-order valence-corrected chi connectivity index (χ3v) is 6.97. The van der Waals surface area contributed by atoms with Gasteiger partial charge in [0, 0.05) is 20.9 Å². The first-order chi connectivity index (χ1) is 13.8. The molecule has 5 rings (SSSR count). The Morgan fingerprint density at radius 1 is 0.500 bits per heavy atom. The van der Waals surface area contributed by atoms with Crippen molar-refractivity contribution < 1.29 is 9.59 Å². The molecule has 4 heteroatoms. The molecule has 0 N–H and O–H groups in total. The fraction of sp³-hybridized carbons (Fsp3) is 0. The fourth-order valence-electron chi connectivity index (χ4n) is 3.76. The minimum Gasteiger partial charge on any atom is -0.297 e. The molecule has 0 radical (unpaired) electrons. The SMILES string of the molecule is O=Cc1ccc(-c2c3ccccc3c(-c3ccc(C=O)s3)c3ccccc23)s1. The molecule has 2 aromatic heterocycles. The predicted molar refractivity (Wildman–Crippen MR) is 119 cm³/mol. The Morgan fingerprint density at radius 2 is 0.857 bits per heavy atom. The minimum atomic E-state index is 0.723. The lowest BCUT2D eigenvalue weighted by atomic mass is 9.90. The van der Waals surface area contributed by atoms with E-state index in [4.69, 9.17) is 0 Å². The topological polar surface area (TPSA) is 34.1 Å². The highest BCUT2D eigenvalue weighted by Crippen LogP contribution is 2.46. The Balaban J connectivity index is 1.96. The molecule has 0 aliphatic heterocycles. The highest BCUT2D eigenvalue weighted by atomic mass is 32.1. The fourth-order valence-corrected chi connectivity index (χ4v) is 5.55. The summed E-state index contributed by atoms with van der Waals surface area (Å²) in [5, 5.41) is 4.60. The van der Waals surface area contributed by atoms with Crippen LogP contribution in [0.15, 0.2) is 72.8 Å². The second-order valence-electron chi connectivity index (χ2n) is 6.48. The molecule has 3 aromatic carbocycles. The monoisotopic (exact) mass is 398 g/mol. The third-order valence-electron chi connectivity index (χ3n) is 4.91. The van der Waals surface area contributed by atoms with E-state index in [1.807, 2.05) is 48.5 Å². The van der Waals surface area contributed by atoms with Gasteiger partial charge < -0.3 is 0 Å². The Labute approximate surface area is 169 Å². The summed E-state index contributed by atoms with van der Waals surface area (Å²) in [6, 6.07) is 24.5. The summed E-state index contributed by atoms with van der Waals surface area (Å²) in [5.74, 6) is 0. The molecule has 5 aromatic rings. The first kappa shape index (κ1) is 17.0. The van der Waals surface area contributed by atoms with Crippen LogP contribution in [0.3, 0.4) is 0 Å². The number of hydrogen-bond donors (Lipinski definition) is 0. The summed E-state index contributed by atoms with van der Waals surface area (Å²) in [4.78, 5) is 26.1. The van der Waals surface area contributed by atoms with Crippen LogP contribution in [0.2, 0.25) is 0 Å². The van der Waals surface area contributed by atoms with Gasteiger partial charge in [-0.2, -0.15) is 0 Å². The summed E-state index contributed by atoms with van der Waals surface area (Å²) in [6.07, 6.45) is 1.80. The highest BCUT2D eigenvalue weighted by Gasteiger charge is 2.18. The van der Waals surface area contributed by atoms with Crippen LogP contribution in [0.25, 0.3) is 42.4 Å². The van der Waals surface area contributed by atoms with Crippen LogP contribution < -0.4 is 0 Å². The molecule has 2 nitrogen and oxygen atoms in total. The lowest BCUT2D eigenvalue weighted by Crippen LogP contribution is -1.88. The minimum absolute atomic E-state index is 0.723. The Bertz CT molecular complexity index is 1200. The summed E-state index contributed by atoms with van der Waals surface area (Å²) in [6.45, 7) is 0. The summed E-state index contributed by atoms with van der Waals surface area (Å²) >= 11 is 3.03. The number of fused-ring (bicyclic) bond motifs is 2. The molecule has 0 bridgehead atoms. The van der Waals surface area contributed by atoms with Gasteiger partial charge in [0.1, 0.15) is 0 Å². The van der Waals surface area contributed by atoms with Crippen molar-refractivity contribution in [2.75, 3.05) is 0 Å². The van der Waals surface area contributed by atoms with Crippen LogP contribution >= 0.6 is 22.7 Å². The highest BCUT2D eigenvalue weighted by molar-refractivity contribution is 7.17. The van der Waals surface area contributed by atoms with Crippen molar-refractivity contribution in [1.82, 2.24) is 0 Å². The largest absolute Gasteiger partial charge is 0.297 e. The average Bonchev–Trinajstić information content (AvgIpc) is 3.41. The van der Waals surface area contributed by atoms with E-state index in [0.717, 1.165) is 64.8 Å². The zero-order chi connectivity index (χ0) is 19.1. The Hall–Kier alpha value is -3.08. The standard InChI is InChI=1S/C24H14O2S2/c25-13-15-9-11-21(27-15)23-17-5-1-2-6-18(17)24(20-8-4-3-7-19(20)23)22-12-10-16(14-26)28-22/h1-14H. The lowest BCUT2D eigenvalue weighted by molar-refractivity contribution is 0.111. The molecule has 0 spiro atoms. The summed E-state index contributed by atoms with van der Waals surface area (Å²) in [7, 11) is 0. The van der Waals surface area contributed by atoms with Gasteiger partial charge in [-0.15, -0.1) is 22.7 Å².